The number of benzene rings is 1. The van der Waals surface area contributed by atoms with Crippen LogP contribution < -0.4 is 0 Å². The van der Waals surface area contributed by atoms with Crippen molar-refractivity contribution in [3.63, 3.8) is 0 Å². The highest BCUT2D eigenvalue weighted by Gasteiger charge is 2.80. The normalized spacial score (nSPS) is 41.6. The molecule has 314 valence electrons. The number of ether oxygens (including phenoxy) is 4. The van der Waals surface area contributed by atoms with Crippen LogP contribution in [0.3, 0.4) is 0 Å². The minimum absolute atomic E-state index is 0.0201. The monoisotopic (exact) mass is 800 g/mol. The van der Waals surface area contributed by atoms with Crippen LogP contribution in [-0.2, 0) is 40.4 Å². The number of hydrogen-bond donors (Lipinski definition) is 4. The molecule has 1 saturated carbocycles. The van der Waals surface area contributed by atoms with Gasteiger partial charge in [0.1, 0.15) is 18.2 Å². The molecule has 7 aliphatic rings. The first-order valence-corrected chi connectivity index (χ1v) is 21.1. The Hall–Kier alpha value is -3.56. The van der Waals surface area contributed by atoms with Gasteiger partial charge in [0.25, 0.3) is 0 Å². The number of carbonyl (C=O) groups is 2. The van der Waals surface area contributed by atoms with Crippen LogP contribution in [0, 0.1) is 22.7 Å². The largest absolute Gasteiger partial charge is 0.468 e. The first-order valence-electron chi connectivity index (χ1n) is 21.1. The number of aromatic nitrogens is 1. The van der Waals surface area contributed by atoms with Gasteiger partial charge in [0.2, 0.25) is 5.60 Å². The zero-order valence-electron chi connectivity index (χ0n) is 34.7. The number of H-pyrrole nitrogens is 1. The molecule has 4 fully saturated rings. The fourth-order valence-corrected chi connectivity index (χ4v) is 13.7. The van der Waals surface area contributed by atoms with E-state index in [0.29, 0.717) is 58.2 Å². The van der Waals surface area contributed by atoms with Gasteiger partial charge in [-0.05, 0) is 74.3 Å². The van der Waals surface area contributed by atoms with Crippen molar-refractivity contribution in [2.24, 2.45) is 22.7 Å². The molecular formula is C45H60N4O9. The molecule has 2 bridgehead atoms. The van der Waals surface area contributed by atoms with Crippen LogP contribution in [0.4, 0.5) is 0 Å². The van der Waals surface area contributed by atoms with E-state index in [-0.39, 0.29) is 24.7 Å². The quantitative estimate of drug-likeness (QED) is 0.229. The van der Waals surface area contributed by atoms with Crippen molar-refractivity contribution in [1.82, 2.24) is 19.7 Å². The van der Waals surface area contributed by atoms with Gasteiger partial charge in [-0.15, -0.1) is 0 Å². The van der Waals surface area contributed by atoms with Crippen LogP contribution in [-0.4, -0.2) is 150 Å². The third-order valence-corrected chi connectivity index (χ3v) is 15.9. The minimum atomic E-state index is -2.35. The Morgan fingerprint density at radius 1 is 0.966 bits per heavy atom. The maximum atomic E-state index is 15.4. The Labute approximate surface area is 340 Å². The molecule has 13 heteroatoms. The van der Waals surface area contributed by atoms with Crippen LogP contribution in [0.15, 0.2) is 59.8 Å². The topological polar surface area (TPSA) is 157 Å². The lowest BCUT2D eigenvalue weighted by Gasteiger charge is -2.63. The lowest BCUT2D eigenvalue weighted by molar-refractivity contribution is -0.240. The highest BCUT2D eigenvalue weighted by atomic mass is 16.5. The van der Waals surface area contributed by atoms with Gasteiger partial charge >= 0.3 is 11.9 Å². The van der Waals surface area contributed by atoms with Crippen molar-refractivity contribution in [3.05, 3.63) is 71.1 Å². The molecule has 13 nitrogen and oxygen atoms in total. The van der Waals surface area contributed by atoms with E-state index in [9.17, 15) is 20.1 Å². The summed E-state index contributed by atoms with van der Waals surface area (Å²) in [4.78, 5) is 40.0. The number of methoxy groups -OCH3 is 4. The molecule has 2 aliphatic carbocycles. The minimum Gasteiger partial charge on any atom is -0.468 e. The van der Waals surface area contributed by atoms with Gasteiger partial charge in [0, 0.05) is 85.5 Å². The second kappa shape index (κ2) is 14.0. The first kappa shape index (κ1) is 39.9. The number of likely N-dealkylation sites (tertiary alicyclic amines) is 1. The zero-order valence-corrected chi connectivity index (χ0v) is 34.7. The summed E-state index contributed by atoms with van der Waals surface area (Å²) in [5.74, 6) is -1.98. The second-order valence-electron chi connectivity index (χ2n) is 18.2. The van der Waals surface area contributed by atoms with E-state index in [0.717, 1.165) is 46.5 Å². The number of hydrogen-bond acceptors (Lipinski definition) is 12. The number of piperidine rings is 1. The van der Waals surface area contributed by atoms with Gasteiger partial charge in [-0.2, -0.15) is 0 Å². The van der Waals surface area contributed by atoms with Crippen molar-refractivity contribution < 1.29 is 43.9 Å². The number of aliphatic hydroxyl groups excluding tert-OH is 1. The summed E-state index contributed by atoms with van der Waals surface area (Å²) in [7, 11) is 5.94. The molecule has 3 unspecified atom stereocenters. The van der Waals surface area contributed by atoms with Crippen molar-refractivity contribution in [2.75, 3.05) is 67.9 Å². The molecule has 1 aromatic heterocycles. The predicted molar refractivity (Wildman–Crippen MR) is 215 cm³/mol. The zero-order chi connectivity index (χ0) is 41.0. The van der Waals surface area contributed by atoms with Crippen LogP contribution in [0.2, 0.25) is 0 Å². The molecule has 2 aromatic rings. The Kier molecular flexibility index (Phi) is 9.63. The third-order valence-electron chi connectivity index (χ3n) is 15.9. The van der Waals surface area contributed by atoms with Crippen molar-refractivity contribution in [1.29, 1.82) is 0 Å². The van der Waals surface area contributed by atoms with Crippen molar-refractivity contribution in [3.8, 4) is 0 Å². The van der Waals surface area contributed by atoms with Crippen molar-refractivity contribution in [2.45, 2.75) is 93.3 Å². The number of esters is 2. The van der Waals surface area contributed by atoms with Crippen LogP contribution in [0.5, 0.6) is 0 Å². The van der Waals surface area contributed by atoms with Crippen LogP contribution >= 0.6 is 0 Å². The number of aliphatic hydroxyl groups is 3. The summed E-state index contributed by atoms with van der Waals surface area (Å²) < 4.78 is 23.8. The fourth-order valence-electron chi connectivity index (χ4n) is 13.7. The summed E-state index contributed by atoms with van der Waals surface area (Å²) in [5.41, 5.74) is -2.05. The Balaban J connectivity index is 1.34. The highest BCUT2D eigenvalue weighted by Crippen LogP contribution is 2.70. The molecule has 9 rings (SSSR count). The lowest BCUT2D eigenvalue weighted by Crippen LogP contribution is -2.79. The molecule has 3 saturated heterocycles. The molecule has 6 heterocycles. The summed E-state index contributed by atoms with van der Waals surface area (Å²) in [6.45, 7) is 7.41. The van der Waals surface area contributed by atoms with E-state index in [1.807, 2.05) is 49.1 Å². The highest BCUT2D eigenvalue weighted by molar-refractivity contribution is 5.91. The van der Waals surface area contributed by atoms with E-state index < -0.39 is 57.6 Å². The fraction of sp³-hybridized carbons (Fsp3) is 0.644. The molecule has 0 amide bonds. The number of allylic oxidation sites excluding steroid dienone is 1. The lowest BCUT2D eigenvalue weighted by atomic mass is 9.47. The Morgan fingerprint density at radius 2 is 1.74 bits per heavy atom. The van der Waals surface area contributed by atoms with E-state index in [4.69, 9.17) is 18.9 Å². The average molecular weight is 801 g/mol. The van der Waals surface area contributed by atoms with E-state index >= 15 is 4.79 Å². The number of nitrogens with one attached hydrogen (secondary N) is 1. The van der Waals surface area contributed by atoms with Gasteiger partial charge in [-0.3, -0.25) is 14.6 Å². The molecule has 5 aliphatic heterocycles. The van der Waals surface area contributed by atoms with E-state index in [2.05, 4.69) is 33.0 Å². The summed E-state index contributed by atoms with van der Waals surface area (Å²) in [6, 6.07) is 6.91. The first-order chi connectivity index (χ1) is 27.9. The average Bonchev–Trinajstić information content (AvgIpc) is 3.91. The summed E-state index contributed by atoms with van der Waals surface area (Å²) in [5, 5.41) is 38.7. The standard InChI is InChI=1S/C45H60N4O9/c1-7-41(53)22-27-23-44(39(51)57-5,35-29(14-18-47(24-27)25-41)28-12-9-10-13-32(28)46-35)31-20-30-33(21-34(31)56-4)49(26-55-3)37-43(30)16-19-48-17-11-15-42(8-2,36(43)48)38(50)45(37,54)40(52)58-6/h9-13,15,20-21,27,31,34,36-38,46,50,53-54H,7-8,14,16-19,22-26H2,1-6H3/t27-,31?,34?,36-,37+,38+,41-,42+,43+,44-,45-/m0/s1. The SMILES string of the molecule is CC[C@]1(O)C[C@@H]2CN(CCc3c([nH]c4ccccc34)[C@@](C(=O)OC)(C3C=C4C(=CC3OC)N(COC)[C@H]3[C@@](O)(C(=O)OC)[C@H](O)[C@]5(CC)C=CCN6CC[C@]43[C@@H]65)C2)C1. The van der Waals surface area contributed by atoms with E-state index in [1.54, 1.807) is 14.2 Å². The maximum Gasteiger partial charge on any atom is 0.342 e. The third kappa shape index (κ3) is 5.07. The second-order valence-corrected chi connectivity index (χ2v) is 18.2. The number of para-hydroxylation sites is 1. The number of nitrogens with zero attached hydrogens (tertiary/aromatic N) is 3. The number of rotatable bonds is 8. The van der Waals surface area contributed by atoms with Gasteiger partial charge in [-0.1, -0.05) is 50.3 Å². The summed E-state index contributed by atoms with van der Waals surface area (Å²) >= 11 is 0. The predicted octanol–water partition coefficient (Wildman–Crippen LogP) is 3.04. The molecular weight excluding hydrogens is 741 g/mol. The number of aromatic amines is 1. The maximum absolute atomic E-state index is 15.4. The Morgan fingerprint density at radius 3 is 2.45 bits per heavy atom. The van der Waals surface area contributed by atoms with Crippen molar-refractivity contribution >= 4 is 22.8 Å². The molecule has 58 heavy (non-hydrogen) atoms. The summed E-state index contributed by atoms with van der Waals surface area (Å²) in [6.07, 6.45) is 9.37. The molecule has 1 aromatic carbocycles. The van der Waals surface area contributed by atoms with Gasteiger partial charge in [-0.25, -0.2) is 4.79 Å². The van der Waals surface area contributed by atoms with Gasteiger partial charge in [0.05, 0.1) is 32.0 Å². The van der Waals surface area contributed by atoms with Gasteiger partial charge in [0.15, 0.2) is 0 Å². The van der Waals surface area contributed by atoms with Gasteiger partial charge < -0.3 is 44.2 Å². The molecule has 12 atom stereocenters. The molecule has 1 spiro atoms. The smallest absolute Gasteiger partial charge is 0.342 e. The Bertz CT molecular complexity index is 2080. The molecule has 0 radical (unpaired) electrons. The van der Waals surface area contributed by atoms with Crippen LogP contribution in [0.1, 0.15) is 57.2 Å². The van der Waals surface area contributed by atoms with E-state index in [1.165, 1.54) is 14.2 Å². The molecule has 4 N–H and O–H groups in total. The number of fused-ring (bicyclic) bond motifs is 6. The van der Waals surface area contributed by atoms with Crippen LogP contribution in [0.25, 0.3) is 10.9 Å². The number of carbonyl (C=O) groups excluding carboxylic acids is 2.